The summed E-state index contributed by atoms with van der Waals surface area (Å²) in [5.41, 5.74) is 1.24. The maximum atomic E-state index is 9.14. The average Bonchev–Trinajstić information content (AvgIpc) is 2.02. The van der Waals surface area contributed by atoms with Crippen molar-refractivity contribution < 1.29 is 5.21 Å². The van der Waals surface area contributed by atoms with E-state index in [0.29, 0.717) is 6.04 Å². The molecular weight excluding hydrogens is 164 g/mol. The predicted molar refractivity (Wildman–Crippen MR) is 52.0 cm³/mol. The zero-order valence-corrected chi connectivity index (χ0v) is 7.72. The quantitative estimate of drug-likeness (QED) is 0.689. The Hall–Kier alpha value is -1.06. The second kappa shape index (κ2) is 3.36. The molecule has 0 amide bonds. The van der Waals surface area contributed by atoms with E-state index in [4.69, 9.17) is 5.21 Å². The summed E-state index contributed by atoms with van der Waals surface area (Å²) in [7, 11) is 1.70. The molecule has 1 aromatic carbocycles. The molecular formula is C10H14N2O. The minimum absolute atomic E-state index is 0.292. The molecule has 3 heteroatoms. The molecule has 3 nitrogen and oxygen atoms in total. The summed E-state index contributed by atoms with van der Waals surface area (Å²) in [6.07, 6.45) is 0. The van der Waals surface area contributed by atoms with E-state index in [1.54, 1.807) is 7.05 Å². The Morgan fingerprint density at radius 3 is 2.46 bits per heavy atom. The highest BCUT2D eigenvalue weighted by molar-refractivity contribution is 5.48. The van der Waals surface area contributed by atoms with Crippen molar-refractivity contribution in [1.82, 2.24) is 5.06 Å². The predicted octanol–water partition coefficient (Wildman–Crippen LogP) is 1.20. The molecule has 0 unspecified atom stereocenters. The van der Waals surface area contributed by atoms with Crippen LogP contribution in [0.3, 0.4) is 0 Å². The summed E-state index contributed by atoms with van der Waals surface area (Å²) in [6.45, 7) is 1.83. The Morgan fingerprint density at radius 1 is 1.31 bits per heavy atom. The van der Waals surface area contributed by atoms with Crippen molar-refractivity contribution >= 4 is 5.69 Å². The molecule has 0 aromatic heterocycles. The summed E-state index contributed by atoms with van der Waals surface area (Å²) in [4.78, 5) is 2.25. The molecule has 1 N–H and O–H groups in total. The van der Waals surface area contributed by atoms with Gasteiger partial charge >= 0.3 is 0 Å². The van der Waals surface area contributed by atoms with Crippen LogP contribution < -0.4 is 4.90 Å². The van der Waals surface area contributed by atoms with Crippen LogP contribution in [0.4, 0.5) is 5.69 Å². The third-order valence-electron chi connectivity index (χ3n) is 2.51. The monoisotopic (exact) mass is 178 g/mol. The number of anilines is 1. The van der Waals surface area contributed by atoms with Crippen LogP contribution in [0.2, 0.25) is 0 Å². The molecule has 70 valence electrons. The van der Waals surface area contributed by atoms with Crippen molar-refractivity contribution in [2.45, 2.75) is 6.04 Å². The Labute approximate surface area is 78.2 Å². The molecule has 0 bridgehead atoms. The van der Waals surface area contributed by atoms with E-state index in [1.165, 1.54) is 10.8 Å². The van der Waals surface area contributed by atoms with Crippen LogP contribution in [0.15, 0.2) is 30.3 Å². The number of benzene rings is 1. The molecule has 1 heterocycles. The third-order valence-corrected chi connectivity index (χ3v) is 2.51. The lowest BCUT2D eigenvalue weighted by Gasteiger charge is -2.43. The number of hydrogen-bond acceptors (Lipinski definition) is 3. The van der Waals surface area contributed by atoms with E-state index in [1.807, 2.05) is 18.2 Å². The van der Waals surface area contributed by atoms with Gasteiger partial charge in [-0.15, -0.1) is 0 Å². The minimum atomic E-state index is 0.292. The maximum absolute atomic E-state index is 9.14. The van der Waals surface area contributed by atoms with Crippen molar-refractivity contribution in [3.63, 3.8) is 0 Å². The van der Waals surface area contributed by atoms with Gasteiger partial charge in [0, 0.05) is 25.8 Å². The summed E-state index contributed by atoms with van der Waals surface area (Å²) < 4.78 is 0. The van der Waals surface area contributed by atoms with Gasteiger partial charge in [0.1, 0.15) is 0 Å². The van der Waals surface area contributed by atoms with Gasteiger partial charge in [0.05, 0.1) is 6.04 Å². The van der Waals surface area contributed by atoms with E-state index < -0.39 is 0 Å². The first-order valence-corrected chi connectivity index (χ1v) is 4.49. The van der Waals surface area contributed by atoms with Gasteiger partial charge in [-0.2, -0.15) is 5.06 Å². The second-order valence-corrected chi connectivity index (χ2v) is 3.47. The van der Waals surface area contributed by atoms with Crippen LogP contribution in [-0.2, 0) is 0 Å². The van der Waals surface area contributed by atoms with Gasteiger partial charge in [-0.05, 0) is 12.1 Å². The highest BCUT2D eigenvalue weighted by Crippen LogP contribution is 2.21. The Morgan fingerprint density at radius 2 is 1.92 bits per heavy atom. The SMILES string of the molecule is CN(O)C1CN(c2ccccc2)C1. The first-order valence-electron chi connectivity index (χ1n) is 4.49. The average molecular weight is 178 g/mol. The summed E-state index contributed by atoms with van der Waals surface area (Å²) >= 11 is 0. The molecule has 1 aliphatic rings. The fraction of sp³-hybridized carbons (Fsp3) is 0.400. The summed E-state index contributed by atoms with van der Waals surface area (Å²) in [5, 5.41) is 10.4. The number of hydroxylamine groups is 2. The summed E-state index contributed by atoms with van der Waals surface area (Å²) in [6, 6.07) is 10.6. The number of nitrogens with zero attached hydrogens (tertiary/aromatic N) is 2. The van der Waals surface area contributed by atoms with E-state index >= 15 is 0 Å². The lowest BCUT2D eigenvalue weighted by atomic mass is 10.1. The van der Waals surface area contributed by atoms with Crippen molar-refractivity contribution in [3.05, 3.63) is 30.3 Å². The first-order chi connectivity index (χ1) is 6.27. The van der Waals surface area contributed by atoms with Gasteiger partial charge in [-0.25, -0.2) is 0 Å². The molecule has 2 rings (SSSR count). The van der Waals surface area contributed by atoms with Gasteiger partial charge in [-0.1, -0.05) is 18.2 Å². The van der Waals surface area contributed by atoms with Gasteiger partial charge in [-0.3, -0.25) is 0 Å². The van der Waals surface area contributed by atoms with Crippen LogP contribution in [0.25, 0.3) is 0 Å². The highest BCUT2D eigenvalue weighted by Gasteiger charge is 2.29. The van der Waals surface area contributed by atoms with E-state index in [-0.39, 0.29) is 0 Å². The molecule has 0 radical (unpaired) electrons. The first kappa shape index (κ1) is 8.53. The van der Waals surface area contributed by atoms with Crippen molar-refractivity contribution in [1.29, 1.82) is 0 Å². The molecule has 1 aliphatic heterocycles. The Bertz CT molecular complexity index is 268. The number of hydrogen-bond donors (Lipinski definition) is 1. The molecule has 0 spiro atoms. The zero-order chi connectivity index (χ0) is 9.26. The van der Waals surface area contributed by atoms with Gasteiger partial charge < -0.3 is 10.1 Å². The van der Waals surface area contributed by atoms with E-state index in [2.05, 4.69) is 17.0 Å². The van der Waals surface area contributed by atoms with Crippen LogP contribution in [0.1, 0.15) is 0 Å². The number of para-hydroxylation sites is 1. The van der Waals surface area contributed by atoms with Gasteiger partial charge in [0.15, 0.2) is 0 Å². The van der Waals surface area contributed by atoms with Crippen molar-refractivity contribution in [2.75, 3.05) is 25.0 Å². The van der Waals surface area contributed by atoms with Gasteiger partial charge in [0.2, 0.25) is 0 Å². The molecule has 0 aliphatic carbocycles. The second-order valence-electron chi connectivity index (χ2n) is 3.47. The number of rotatable bonds is 2. The largest absolute Gasteiger partial charge is 0.368 e. The Balaban J connectivity index is 1.94. The zero-order valence-electron chi connectivity index (χ0n) is 7.72. The van der Waals surface area contributed by atoms with E-state index in [9.17, 15) is 0 Å². The molecule has 13 heavy (non-hydrogen) atoms. The van der Waals surface area contributed by atoms with Crippen molar-refractivity contribution in [3.8, 4) is 0 Å². The van der Waals surface area contributed by atoms with E-state index in [0.717, 1.165) is 13.1 Å². The van der Waals surface area contributed by atoms with Crippen LogP contribution >= 0.6 is 0 Å². The minimum Gasteiger partial charge on any atom is -0.368 e. The fourth-order valence-electron chi connectivity index (χ4n) is 1.54. The van der Waals surface area contributed by atoms with Gasteiger partial charge in [0.25, 0.3) is 0 Å². The van der Waals surface area contributed by atoms with Crippen LogP contribution in [0, 0.1) is 0 Å². The smallest absolute Gasteiger partial charge is 0.0697 e. The maximum Gasteiger partial charge on any atom is 0.0697 e. The topological polar surface area (TPSA) is 26.7 Å². The number of likely N-dealkylation sites (N-methyl/N-ethyl adjacent to an activating group) is 1. The molecule has 0 saturated carbocycles. The summed E-state index contributed by atoms with van der Waals surface area (Å²) in [5.74, 6) is 0. The lowest BCUT2D eigenvalue weighted by Crippen LogP contribution is -2.57. The van der Waals surface area contributed by atoms with Crippen LogP contribution in [0.5, 0.6) is 0 Å². The molecule has 1 saturated heterocycles. The molecule has 1 fully saturated rings. The molecule has 0 atom stereocenters. The highest BCUT2D eigenvalue weighted by atomic mass is 16.5. The normalized spacial score (nSPS) is 17.6. The fourth-order valence-corrected chi connectivity index (χ4v) is 1.54. The molecule has 1 aromatic rings. The lowest BCUT2D eigenvalue weighted by molar-refractivity contribution is -0.109. The Kier molecular flexibility index (Phi) is 2.20. The standard InChI is InChI=1S/C10H14N2O/c1-11(13)10-7-12(8-10)9-5-3-2-4-6-9/h2-6,10,13H,7-8H2,1H3. The van der Waals surface area contributed by atoms with Crippen LogP contribution in [-0.4, -0.2) is 36.4 Å². The van der Waals surface area contributed by atoms with Crippen molar-refractivity contribution in [2.24, 2.45) is 0 Å². The third kappa shape index (κ3) is 1.66.